The number of hydrogen-bond acceptors (Lipinski definition) is 4. The number of halogens is 1. The molecule has 134 valence electrons. The Kier molecular flexibility index (Phi) is 7.03. The van der Waals surface area contributed by atoms with Gasteiger partial charge in [-0.3, -0.25) is 14.1 Å². The molecule has 0 aromatic heterocycles. The Bertz CT molecular complexity index is 562. The number of methoxy groups -OCH3 is 1. The maximum absolute atomic E-state index is 12.4. The maximum atomic E-state index is 12.4. The number of carbonyl (C=O) groups is 1. The number of hydrogen-bond donors (Lipinski definition) is 0. The van der Waals surface area contributed by atoms with Gasteiger partial charge in [-0.25, -0.2) is 0 Å². The predicted molar refractivity (Wildman–Crippen MR) is 92.5 cm³/mol. The molecule has 0 fully saturated rings. The van der Waals surface area contributed by atoms with E-state index in [1.54, 1.807) is 14.0 Å². The number of alkyl halides is 1. The fourth-order valence-corrected chi connectivity index (χ4v) is 3.26. The summed E-state index contributed by atoms with van der Waals surface area (Å²) in [5.41, 5.74) is 2.49. The first-order valence-corrected chi connectivity index (χ1v) is 8.70. The van der Waals surface area contributed by atoms with Gasteiger partial charge in [-0.15, -0.1) is 0 Å². The zero-order valence-electron chi connectivity index (χ0n) is 14.9. The number of ether oxygens (including phenoxy) is 2. The predicted octanol–water partition coefficient (Wildman–Crippen LogP) is 3.41. The van der Waals surface area contributed by atoms with Gasteiger partial charge in [0.05, 0.1) is 20.4 Å². The van der Waals surface area contributed by atoms with Gasteiger partial charge in [0, 0.05) is 25.6 Å². The second-order valence-electron chi connectivity index (χ2n) is 6.33. The van der Waals surface area contributed by atoms with Crippen molar-refractivity contribution in [3.05, 3.63) is 23.3 Å². The Balaban J connectivity index is 2.09. The van der Waals surface area contributed by atoms with Gasteiger partial charge < -0.3 is 9.47 Å². The molecule has 1 heterocycles. The minimum Gasteiger partial charge on any atom is -0.493 e. The van der Waals surface area contributed by atoms with Gasteiger partial charge in [-0.05, 0) is 56.4 Å². The first-order chi connectivity index (χ1) is 11.6. The van der Waals surface area contributed by atoms with E-state index in [2.05, 4.69) is 11.0 Å². The lowest BCUT2D eigenvalue weighted by molar-refractivity contribution is -0.121. The van der Waals surface area contributed by atoms with Crippen LogP contribution < -0.4 is 9.47 Å². The summed E-state index contributed by atoms with van der Waals surface area (Å²) in [7, 11) is 1.65. The van der Waals surface area contributed by atoms with Gasteiger partial charge in [0.1, 0.15) is 5.78 Å². The Morgan fingerprint density at radius 3 is 2.71 bits per heavy atom. The topological polar surface area (TPSA) is 38.8 Å². The molecular weight excluding hydrogens is 309 g/mol. The zero-order chi connectivity index (χ0) is 17.5. The molecule has 1 aromatic rings. The lowest BCUT2D eigenvalue weighted by atomic mass is 9.95. The summed E-state index contributed by atoms with van der Waals surface area (Å²) in [6, 6.07) is 4.11. The van der Waals surface area contributed by atoms with Gasteiger partial charge in [-0.1, -0.05) is 0 Å². The molecule has 4 nitrogen and oxygen atoms in total. The molecule has 0 aliphatic carbocycles. The van der Waals surface area contributed by atoms with Gasteiger partial charge in [0.2, 0.25) is 0 Å². The minimum absolute atomic E-state index is 0.0769. The number of carbonyl (C=O) groups excluding carboxylic acids is 1. The Morgan fingerprint density at radius 2 is 2.08 bits per heavy atom. The molecule has 1 aliphatic heterocycles. The van der Waals surface area contributed by atoms with Crippen LogP contribution in [0.3, 0.4) is 0 Å². The number of nitrogens with zero attached hydrogens (tertiary/aromatic N) is 1. The number of ketones is 1. The Hall–Kier alpha value is -1.62. The van der Waals surface area contributed by atoms with Crippen LogP contribution in [0.25, 0.3) is 0 Å². The molecule has 0 amide bonds. The lowest BCUT2D eigenvalue weighted by Gasteiger charge is -2.31. The van der Waals surface area contributed by atoms with Gasteiger partial charge in [-0.2, -0.15) is 0 Å². The van der Waals surface area contributed by atoms with Gasteiger partial charge in [0.25, 0.3) is 0 Å². The summed E-state index contributed by atoms with van der Waals surface area (Å²) >= 11 is 0. The molecule has 0 spiro atoms. The standard InChI is InChI=1S/C19H28FNO3/c1-4-24-19-11-17-13-21(9-7-15(17)10-18(19)23-3)12-16(14(2)22)6-5-8-20/h10-11,16H,4-9,12-13H2,1-3H3/t16-/m1/s1. The molecule has 5 heteroatoms. The monoisotopic (exact) mass is 337 g/mol. The maximum Gasteiger partial charge on any atom is 0.161 e. The third-order valence-corrected chi connectivity index (χ3v) is 4.62. The second-order valence-corrected chi connectivity index (χ2v) is 6.33. The van der Waals surface area contributed by atoms with E-state index < -0.39 is 0 Å². The van der Waals surface area contributed by atoms with Crippen LogP contribution in [0.5, 0.6) is 11.5 Å². The highest BCUT2D eigenvalue weighted by Gasteiger charge is 2.23. The molecule has 0 N–H and O–H groups in total. The molecule has 0 saturated heterocycles. The third-order valence-electron chi connectivity index (χ3n) is 4.62. The Morgan fingerprint density at radius 1 is 1.33 bits per heavy atom. The fraction of sp³-hybridized carbons (Fsp3) is 0.632. The van der Waals surface area contributed by atoms with Crippen molar-refractivity contribution < 1.29 is 18.7 Å². The quantitative estimate of drug-likeness (QED) is 0.692. The van der Waals surface area contributed by atoms with Crippen molar-refractivity contribution in [3.63, 3.8) is 0 Å². The highest BCUT2D eigenvalue weighted by atomic mass is 19.1. The fourth-order valence-electron chi connectivity index (χ4n) is 3.26. The summed E-state index contributed by atoms with van der Waals surface area (Å²) in [5.74, 6) is 1.61. The number of rotatable bonds is 9. The van der Waals surface area contributed by atoms with Crippen molar-refractivity contribution in [2.75, 3.05) is 33.5 Å². The highest BCUT2D eigenvalue weighted by Crippen LogP contribution is 2.33. The molecule has 2 rings (SSSR count). The molecular formula is C19H28FNO3. The Labute approximate surface area is 143 Å². The molecule has 0 radical (unpaired) electrons. The van der Waals surface area contributed by atoms with Crippen LogP contribution in [-0.4, -0.2) is 44.2 Å². The third kappa shape index (κ3) is 4.69. The van der Waals surface area contributed by atoms with E-state index in [9.17, 15) is 9.18 Å². The number of Topliss-reactive ketones (excluding diaryl/α,β-unsaturated/α-hetero) is 1. The van der Waals surface area contributed by atoms with E-state index in [4.69, 9.17) is 9.47 Å². The summed E-state index contributed by atoms with van der Waals surface area (Å²) in [5, 5.41) is 0. The average molecular weight is 337 g/mol. The number of fused-ring (bicyclic) bond motifs is 1. The van der Waals surface area contributed by atoms with E-state index >= 15 is 0 Å². The molecule has 1 atom stereocenters. The van der Waals surface area contributed by atoms with E-state index in [0.29, 0.717) is 26.0 Å². The largest absolute Gasteiger partial charge is 0.493 e. The van der Waals surface area contributed by atoms with Crippen molar-refractivity contribution >= 4 is 5.78 Å². The summed E-state index contributed by atoms with van der Waals surface area (Å²) in [6.07, 6.45) is 2.01. The molecule has 0 saturated carbocycles. The average Bonchev–Trinajstić information content (AvgIpc) is 2.57. The van der Waals surface area contributed by atoms with Crippen LogP contribution >= 0.6 is 0 Å². The van der Waals surface area contributed by atoms with Gasteiger partial charge >= 0.3 is 0 Å². The first kappa shape index (κ1) is 18.7. The van der Waals surface area contributed by atoms with Crippen molar-refractivity contribution in [1.82, 2.24) is 4.90 Å². The van der Waals surface area contributed by atoms with Crippen LogP contribution in [0.4, 0.5) is 4.39 Å². The van der Waals surface area contributed by atoms with Crippen molar-refractivity contribution in [2.24, 2.45) is 5.92 Å². The lowest BCUT2D eigenvalue weighted by Crippen LogP contribution is -2.36. The molecule has 0 bridgehead atoms. The highest BCUT2D eigenvalue weighted by molar-refractivity contribution is 5.78. The van der Waals surface area contributed by atoms with Crippen LogP contribution in [0.1, 0.15) is 37.8 Å². The van der Waals surface area contributed by atoms with Crippen LogP contribution in [-0.2, 0) is 17.8 Å². The smallest absolute Gasteiger partial charge is 0.161 e. The normalized spacial score (nSPS) is 15.7. The minimum atomic E-state index is -0.357. The molecule has 24 heavy (non-hydrogen) atoms. The molecule has 1 aliphatic rings. The van der Waals surface area contributed by atoms with E-state index in [-0.39, 0.29) is 18.4 Å². The summed E-state index contributed by atoms with van der Waals surface area (Å²) in [6.45, 7) is 6.19. The van der Waals surface area contributed by atoms with E-state index in [1.165, 1.54) is 11.1 Å². The molecule has 1 aromatic carbocycles. The van der Waals surface area contributed by atoms with Crippen LogP contribution in [0.15, 0.2) is 12.1 Å². The van der Waals surface area contributed by atoms with Crippen molar-refractivity contribution in [1.29, 1.82) is 0 Å². The van der Waals surface area contributed by atoms with Crippen LogP contribution in [0, 0.1) is 5.92 Å². The van der Waals surface area contributed by atoms with Crippen LogP contribution in [0.2, 0.25) is 0 Å². The van der Waals surface area contributed by atoms with Gasteiger partial charge in [0.15, 0.2) is 11.5 Å². The van der Waals surface area contributed by atoms with Crippen molar-refractivity contribution in [3.8, 4) is 11.5 Å². The summed E-state index contributed by atoms with van der Waals surface area (Å²) < 4.78 is 23.5. The zero-order valence-corrected chi connectivity index (χ0v) is 14.9. The van der Waals surface area contributed by atoms with Crippen molar-refractivity contribution in [2.45, 2.75) is 39.7 Å². The SMILES string of the molecule is CCOc1cc2c(cc1OC)CCN(C[C@@H](CCCF)C(C)=O)C2. The molecule has 0 unspecified atom stereocenters. The summed E-state index contributed by atoms with van der Waals surface area (Å²) in [4.78, 5) is 14.1. The second kappa shape index (κ2) is 9.02. The van der Waals surface area contributed by atoms with E-state index in [0.717, 1.165) is 31.0 Å². The number of benzene rings is 1. The van der Waals surface area contributed by atoms with E-state index in [1.807, 2.05) is 13.0 Å². The first-order valence-electron chi connectivity index (χ1n) is 8.70.